The minimum absolute atomic E-state index is 0.344. The Kier molecular flexibility index (Phi) is 4.98. The number of nitrogens with zero attached hydrogens (tertiary/aromatic N) is 3. The number of rotatable bonds is 5. The molecule has 1 aliphatic rings. The highest BCUT2D eigenvalue weighted by Gasteiger charge is 2.30. The number of hydrogen-bond acceptors (Lipinski definition) is 6. The van der Waals surface area contributed by atoms with E-state index in [1.165, 1.54) is 15.6 Å². The summed E-state index contributed by atoms with van der Waals surface area (Å²) < 4.78 is 27.2. The third-order valence-corrected chi connectivity index (χ3v) is 7.35. The lowest BCUT2D eigenvalue weighted by Gasteiger charge is -2.19. The highest BCUT2D eigenvalue weighted by Crippen LogP contribution is 2.34. The number of aromatic nitrogens is 1. The Balaban J connectivity index is 1.82. The number of likely N-dealkylation sites (N-methyl/N-ethyl adjacent to an activating group) is 1. The van der Waals surface area contributed by atoms with E-state index in [9.17, 15) is 8.42 Å². The van der Waals surface area contributed by atoms with Gasteiger partial charge in [-0.3, -0.25) is 4.98 Å². The van der Waals surface area contributed by atoms with Gasteiger partial charge >= 0.3 is 0 Å². The fourth-order valence-electron chi connectivity index (χ4n) is 2.82. The molecule has 0 bridgehead atoms. The molecule has 0 spiro atoms. The van der Waals surface area contributed by atoms with Crippen molar-refractivity contribution in [3.63, 3.8) is 0 Å². The van der Waals surface area contributed by atoms with Crippen molar-refractivity contribution in [3.8, 4) is 0 Å². The van der Waals surface area contributed by atoms with Crippen LogP contribution in [-0.2, 0) is 22.9 Å². The van der Waals surface area contributed by atoms with Gasteiger partial charge in [0.25, 0.3) is 0 Å². The first kappa shape index (κ1) is 17.1. The Morgan fingerprint density at radius 1 is 1.42 bits per heavy atom. The maximum atomic E-state index is 12.9. The molecule has 0 amide bonds. The van der Waals surface area contributed by atoms with Crippen LogP contribution in [0.2, 0.25) is 0 Å². The first-order chi connectivity index (χ1) is 11.5. The van der Waals surface area contributed by atoms with Crippen LogP contribution in [0.15, 0.2) is 40.0 Å². The van der Waals surface area contributed by atoms with Gasteiger partial charge in [-0.05, 0) is 42.9 Å². The van der Waals surface area contributed by atoms with Crippen LogP contribution in [0.4, 0.5) is 0 Å². The van der Waals surface area contributed by atoms with Crippen molar-refractivity contribution in [2.75, 3.05) is 13.6 Å². The van der Waals surface area contributed by atoms with E-state index in [1.54, 1.807) is 24.8 Å². The summed E-state index contributed by atoms with van der Waals surface area (Å²) in [6.07, 6.45) is 6.23. The molecule has 24 heavy (non-hydrogen) atoms. The Labute approximate surface area is 145 Å². The summed E-state index contributed by atoms with van der Waals surface area (Å²) in [6.45, 7) is 0.388. The van der Waals surface area contributed by atoms with Gasteiger partial charge in [-0.15, -0.1) is 11.3 Å². The van der Waals surface area contributed by atoms with Gasteiger partial charge in [0, 0.05) is 31.4 Å². The summed E-state index contributed by atoms with van der Waals surface area (Å²) >= 11 is 1.34. The highest BCUT2D eigenvalue weighted by molar-refractivity contribution is 7.89. The summed E-state index contributed by atoms with van der Waals surface area (Å²) in [5.74, 6) is 0. The van der Waals surface area contributed by atoms with Gasteiger partial charge in [-0.2, -0.15) is 0 Å². The minimum Gasteiger partial charge on any atom is -0.411 e. The predicted molar refractivity (Wildman–Crippen MR) is 93.3 cm³/mol. The van der Waals surface area contributed by atoms with Gasteiger partial charge in [-0.1, -0.05) is 11.2 Å². The van der Waals surface area contributed by atoms with E-state index >= 15 is 0 Å². The van der Waals surface area contributed by atoms with Crippen molar-refractivity contribution in [2.24, 2.45) is 5.16 Å². The molecule has 2 heterocycles. The van der Waals surface area contributed by atoms with Crippen LogP contribution < -0.4 is 0 Å². The number of thiophene rings is 1. The topological polar surface area (TPSA) is 82.9 Å². The van der Waals surface area contributed by atoms with Crippen molar-refractivity contribution in [3.05, 3.63) is 45.9 Å². The number of hydrogen-bond donors (Lipinski definition) is 1. The van der Waals surface area contributed by atoms with Crippen LogP contribution in [0.3, 0.4) is 0 Å². The van der Waals surface area contributed by atoms with Gasteiger partial charge in [-0.25, -0.2) is 12.7 Å². The van der Waals surface area contributed by atoms with Crippen molar-refractivity contribution >= 4 is 27.1 Å². The first-order valence-electron chi connectivity index (χ1n) is 7.71. The molecule has 0 atom stereocenters. The molecular weight excluding hydrogens is 346 g/mol. The number of fused-ring (bicyclic) bond motifs is 1. The molecule has 0 unspecified atom stereocenters. The lowest BCUT2D eigenvalue weighted by atomic mass is 9.98. The van der Waals surface area contributed by atoms with Gasteiger partial charge in [0.05, 0.1) is 15.5 Å². The molecule has 2 aromatic rings. The maximum Gasteiger partial charge on any atom is 0.243 e. The monoisotopic (exact) mass is 365 g/mol. The zero-order valence-corrected chi connectivity index (χ0v) is 15.0. The molecular formula is C16H19N3O3S2. The zero-order valence-electron chi connectivity index (χ0n) is 13.3. The van der Waals surface area contributed by atoms with Crippen LogP contribution in [0.5, 0.6) is 0 Å². The average Bonchev–Trinajstić information content (AvgIpc) is 3.05. The molecule has 0 saturated heterocycles. The second-order valence-corrected chi connectivity index (χ2v) is 8.64. The number of oxime groups is 1. The fraction of sp³-hybridized carbons (Fsp3) is 0.375. The molecule has 1 aliphatic carbocycles. The van der Waals surface area contributed by atoms with Crippen molar-refractivity contribution in [2.45, 2.75) is 30.6 Å². The van der Waals surface area contributed by atoms with E-state index in [0.29, 0.717) is 36.4 Å². The van der Waals surface area contributed by atoms with Crippen LogP contribution in [0.25, 0.3) is 0 Å². The lowest BCUT2D eigenvalue weighted by molar-refractivity contribution is 0.317. The molecule has 0 aromatic carbocycles. The Morgan fingerprint density at radius 3 is 2.96 bits per heavy atom. The van der Waals surface area contributed by atoms with Crippen molar-refractivity contribution in [1.29, 1.82) is 0 Å². The smallest absolute Gasteiger partial charge is 0.243 e. The molecule has 0 saturated carbocycles. The normalized spacial score (nSPS) is 16.5. The van der Waals surface area contributed by atoms with Gasteiger partial charge in [0.2, 0.25) is 10.0 Å². The standard InChI is InChI=1S/C16H19N3O3S2/c1-19(9-7-12-4-3-8-17-10-12)24(21,22)15-11-23-16-13(15)5-2-6-14(16)18-20/h3-4,8,10-11,20H,2,5-7,9H2,1H3/b18-14+. The quantitative estimate of drug-likeness (QED) is 0.652. The molecule has 0 aliphatic heterocycles. The van der Waals surface area contributed by atoms with Crippen molar-refractivity contribution < 1.29 is 13.6 Å². The largest absolute Gasteiger partial charge is 0.411 e. The number of pyridine rings is 1. The van der Waals surface area contributed by atoms with E-state index in [0.717, 1.165) is 22.4 Å². The molecule has 128 valence electrons. The SMILES string of the molecule is CN(CCc1cccnc1)S(=O)(=O)c1csc2c1CCC/C2=N\O. The second kappa shape index (κ2) is 7.00. The molecule has 6 nitrogen and oxygen atoms in total. The van der Waals surface area contributed by atoms with Crippen LogP contribution >= 0.6 is 11.3 Å². The summed E-state index contributed by atoms with van der Waals surface area (Å²) in [5.41, 5.74) is 2.37. The molecule has 0 fully saturated rings. The van der Waals surface area contributed by atoms with E-state index in [1.807, 2.05) is 12.1 Å². The van der Waals surface area contributed by atoms with Crippen LogP contribution in [-0.4, -0.2) is 42.2 Å². The van der Waals surface area contributed by atoms with E-state index < -0.39 is 10.0 Å². The molecule has 1 N–H and O–H groups in total. The number of sulfonamides is 1. The van der Waals surface area contributed by atoms with E-state index in [4.69, 9.17) is 5.21 Å². The maximum absolute atomic E-state index is 12.9. The fourth-order valence-corrected chi connectivity index (χ4v) is 5.70. The lowest BCUT2D eigenvalue weighted by Crippen LogP contribution is -2.29. The van der Waals surface area contributed by atoms with Gasteiger partial charge in [0.1, 0.15) is 0 Å². The molecule has 3 rings (SSSR count). The Morgan fingerprint density at radius 2 is 2.25 bits per heavy atom. The average molecular weight is 365 g/mol. The second-order valence-electron chi connectivity index (χ2n) is 5.75. The summed E-state index contributed by atoms with van der Waals surface area (Å²) in [6, 6.07) is 3.78. The first-order valence-corrected chi connectivity index (χ1v) is 10.0. The molecule has 2 aromatic heterocycles. The third-order valence-electron chi connectivity index (χ3n) is 4.20. The van der Waals surface area contributed by atoms with Gasteiger partial charge in [0.15, 0.2) is 0 Å². The molecule has 8 heteroatoms. The predicted octanol–water partition coefficient (Wildman–Crippen LogP) is 2.52. The summed E-state index contributed by atoms with van der Waals surface area (Å²) in [4.78, 5) is 5.19. The van der Waals surface area contributed by atoms with E-state index in [-0.39, 0.29) is 0 Å². The van der Waals surface area contributed by atoms with Crippen LogP contribution in [0, 0.1) is 0 Å². The minimum atomic E-state index is -3.55. The summed E-state index contributed by atoms with van der Waals surface area (Å²) in [5, 5.41) is 14.1. The Bertz CT molecular complexity index is 845. The summed E-state index contributed by atoms with van der Waals surface area (Å²) in [7, 11) is -1.96. The van der Waals surface area contributed by atoms with Crippen molar-refractivity contribution in [1.82, 2.24) is 9.29 Å². The zero-order chi connectivity index (χ0) is 17.2. The Hall–Kier alpha value is -1.77. The highest BCUT2D eigenvalue weighted by atomic mass is 32.2. The molecule has 0 radical (unpaired) electrons. The third kappa shape index (κ3) is 3.22. The van der Waals surface area contributed by atoms with E-state index in [2.05, 4.69) is 10.1 Å². The van der Waals surface area contributed by atoms with Crippen LogP contribution in [0.1, 0.15) is 28.8 Å². The van der Waals surface area contributed by atoms with Gasteiger partial charge < -0.3 is 5.21 Å².